The lowest BCUT2D eigenvalue weighted by molar-refractivity contribution is 0.631. The van der Waals surface area contributed by atoms with Gasteiger partial charge in [-0.05, 0) is 29.9 Å². The molecule has 4 aromatic rings. The Morgan fingerprint density at radius 2 is 1.70 bits per heavy atom. The summed E-state index contributed by atoms with van der Waals surface area (Å²) in [6.45, 7) is 0. The van der Waals surface area contributed by atoms with E-state index < -0.39 is 0 Å². The lowest BCUT2D eigenvalue weighted by Gasteiger charge is -2.03. The van der Waals surface area contributed by atoms with Crippen LogP contribution in [-0.4, -0.2) is 14.4 Å². The average molecular weight is 321 g/mol. The number of fused-ring (bicyclic) bond motifs is 1. The minimum absolute atomic E-state index is 0.278. The van der Waals surface area contributed by atoms with Gasteiger partial charge in [-0.25, -0.2) is 9.37 Å². The van der Waals surface area contributed by atoms with Crippen LogP contribution in [-0.2, 0) is 0 Å². The Kier molecular flexibility index (Phi) is 3.28. The van der Waals surface area contributed by atoms with Gasteiger partial charge in [0, 0.05) is 23.5 Å². The minimum atomic E-state index is -0.278. The van der Waals surface area contributed by atoms with Crippen LogP contribution >= 0.6 is 12.2 Å². The van der Waals surface area contributed by atoms with E-state index in [1.807, 2.05) is 30.3 Å². The molecule has 0 aliphatic carbocycles. The van der Waals surface area contributed by atoms with Crippen LogP contribution in [0.5, 0.6) is 0 Å². The Balaban J connectivity index is 2.00. The number of imidazole rings is 1. The van der Waals surface area contributed by atoms with Gasteiger partial charge in [0.05, 0.1) is 5.69 Å². The summed E-state index contributed by atoms with van der Waals surface area (Å²) in [6.07, 6.45) is 3.53. The number of benzene rings is 2. The second-order valence-corrected chi connectivity index (χ2v) is 5.55. The van der Waals surface area contributed by atoms with E-state index >= 15 is 0 Å². The fraction of sp³-hybridized carbons (Fsp3) is 0. The molecule has 4 rings (SSSR count). The zero-order chi connectivity index (χ0) is 15.8. The average Bonchev–Trinajstić information content (AvgIpc) is 3.02. The first kappa shape index (κ1) is 13.8. The summed E-state index contributed by atoms with van der Waals surface area (Å²) in [5.74, 6) is -0.278. The summed E-state index contributed by atoms with van der Waals surface area (Å²) in [7, 11) is 0. The SMILES string of the molecule is Fc1ccccc1-c1cn2c(=S)ncc(-c3ccccc3)c2[nH]1. The first-order valence-corrected chi connectivity index (χ1v) is 7.55. The van der Waals surface area contributed by atoms with E-state index in [2.05, 4.69) is 9.97 Å². The van der Waals surface area contributed by atoms with E-state index in [4.69, 9.17) is 12.2 Å². The number of H-pyrrole nitrogens is 1. The Morgan fingerprint density at radius 3 is 2.48 bits per heavy atom. The van der Waals surface area contributed by atoms with Gasteiger partial charge >= 0.3 is 0 Å². The van der Waals surface area contributed by atoms with Crippen LogP contribution in [0.1, 0.15) is 0 Å². The van der Waals surface area contributed by atoms with Crippen molar-refractivity contribution in [3.8, 4) is 22.4 Å². The van der Waals surface area contributed by atoms with Gasteiger partial charge < -0.3 is 4.98 Å². The number of aromatic amines is 1. The molecule has 0 aliphatic rings. The van der Waals surface area contributed by atoms with Gasteiger partial charge in [-0.2, -0.15) is 0 Å². The van der Waals surface area contributed by atoms with Crippen LogP contribution < -0.4 is 0 Å². The van der Waals surface area contributed by atoms with Crippen molar-refractivity contribution < 1.29 is 4.39 Å². The van der Waals surface area contributed by atoms with Crippen LogP contribution in [0.4, 0.5) is 4.39 Å². The number of aromatic nitrogens is 3. The third kappa shape index (κ3) is 2.35. The van der Waals surface area contributed by atoms with E-state index in [1.54, 1.807) is 35.0 Å². The number of hydrogen-bond donors (Lipinski definition) is 1. The normalized spacial score (nSPS) is 11.0. The molecular weight excluding hydrogens is 309 g/mol. The number of nitrogens with one attached hydrogen (secondary N) is 1. The van der Waals surface area contributed by atoms with Crippen LogP contribution in [0.15, 0.2) is 67.0 Å². The summed E-state index contributed by atoms with van der Waals surface area (Å²) < 4.78 is 16.3. The minimum Gasteiger partial charge on any atom is -0.339 e. The van der Waals surface area contributed by atoms with Gasteiger partial charge in [-0.1, -0.05) is 42.5 Å². The fourth-order valence-corrected chi connectivity index (χ4v) is 2.85. The zero-order valence-corrected chi connectivity index (χ0v) is 12.8. The van der Waals surface area contributed by atoms with Crippen molar-refractivity contribution in [2.75, 3.05) is 0 Å². The van der Waals surface area contributed by atoms with Gasteiger partial charge in [0.25, 0.3) is 0 Å². The highest BCUT2D eigenvalue weighted by atomic mass is 32.1. The largest absolute Gasteiger partial charge is 0.339 e. The smallest absolute Gasteiger partial charge is 0.205 e. The number of halogens is 1. The van der Waals surface area contributed by atoms with Gasteiger partial charge in [0.1, 0.15) is 11.5 Å². The van der Waals surface area contributed by atoms with Crippen LogP contribution in [0.3, 0.4) is 0 Å². The van der Waals surface area contributed by atoms with Crippen molar-refractivity contribution in [3.63, 3.8) is 0 Å². The molecule has 112 valence electrons. The van der Waals surface area contributed by atoms with Crippen molar-refractivity contribution >= 4 is 17.9 Å². The molecule has 23 heavy (non-hydrogen) atoms. The molecule has 0 spiro atoms. The summed E-state index contributed by atoms with van der Waals surface area (Å²) in [6, 6.07) is 16.6. The van der Waals surface area contributed by atoms with Crippen molar-refractivity contribution in [2.45, 2.75) is 0 Å². The van der Waals surface area contributed by atoms with Gasteiger partial charge in [-0.3, -0.25) is 4.40 Å². The summed E-state index contributed by atoms with van der Waals surface area (Å²) in [5.41, 5.74) is 3.91. The molecule has 2 aromatic heterocycles. The predicted octanol–water partition coefficient (Wildman–Crippen LogP) is 4.86. The van der Waals surface area contributed by atoms with Gasteiger partial charge in [-0.15, -0.1) is 0 Å². The summed E-state index contributed by atoms with van der Waals surface area (Å²) in [4.78, 5) is 7.55. The molecule has 0 saturated heterocycles. The fourth-order valence-electron chi connectivity index (χ4n) is 2.65. The molecule has 0 saturated carbocycles. The standard InChI is InChI=1S/C18H12FN3S/c19-15-9-5-4-8-13(15)16-11-22-17(21-16)14(10-20-18(22)23)12-6-2-1-3-7-12/h1-11,21H. The van der Waals surface area contributed by atoms with E-state index in [1.165, 1.54) is 6.07 Å². The molecule has 0 unspecified atom stereocenters. The van der Waals surface area contributed by atoms with E-state index in [0.717, 1.165) is 16.8 Å². The van der Waals surface area contributed by atoms with Crippen LogP contribution in [0.2, 0.25) is 0 Å². The molecule has 0 amide bonds. The monoisotopic (exact) mass is 321 g/mol. The zero-order valence-electron chi connectivity index (χ0n) is 12.0. The molecular formula is C18H12FN3S. The highest BCUT2D eigenvalue weighted by molar-refractivity contribution is 7.71. The maximum atomic E-state index is 14.1. The second kappa shape index (κ2) is 5.44. The van der Waals surface area contributed by atoms with Crippen molar-refractivity contribution in [2.24, 2.45) is 0 Å². The third-order valence-corrected chi connectivity index (χ3v) is 4.07. The molecule has 0 bridgehead atoms. The van der Waals surface area contributed by atoms with Crippen molar-refractivity contribution in [1.29, 1.82) is 0 Å². The molecule has 0 radical (unpaired) electrons. The van der Waals surface area contributed by atoms with E-state index in [9.17, 15) is 4.39 Å². The van der Waals surface area contributed by atoms with Crippen molar-refractivity contribution in [3.05, 3.63) is 77.6 Å². The molecule has 0 atom stereocenters. The first-order chi connectivity index (χ1) is 11.2. The Bertz CT molecular complexity index is 1050. The second-order valence-electron chi connectivity index (χ2n) is 5.19. The molecule has 2 aromatic carbocycles. The highest BCUT2D eigenvalue weighted by Crippen LogP contribution is 2.27. The Labute approximate surface area is 137 Å². The molecule has 0 fully saturated rings. The topological polar surface area (TPSA) is 33.1 Å². The number of hydrogen-bond acceptors (Lipinski definition) is 2. The molecule has 1 N–H and O–H groups in total. The lowest BCUT2D eigenvalue weighted by atomic mass is 10.1. The molecule has 2 heterocycles. The summed E-state index contributed by atoms with van der Waals surface area (Å²) in [5, 5.41) is 0. The first-order valence-electron chi connectivity index (χ1n) is 7.15. The van der Waals surface area contributed by atoms with Gasteiger partial charge in [0.2, 0.25) is 4.77 Å². The Morgan fingerprint density at radius 1 is 0.957 bits per heavy atom. The van der Waals surface area contributed by atoms with Gasteiger partial charge in [0.15, 0.2) is 0 Å². The predicted molar refractivity (Wildman–Crippen MR) is 91.2 cm³/mol. The molecule has 0 aliphatic heterocycles. The quantitative estimate of drug-likeness (QED) is 0.535. The van der Waals surface area contributed by atoms with E-state index in [-0.39, 0.29) is 5.82 Å². The molecule has 5 heteroatoms. The van der Waals surface area contributed by atoms with Crippen LogP contribution in [0.25, 0.3) is 28.0 Å². The highest BCUT2D eigenvalue weighted by Gasteiger charge is 2.12. The third-order valence-electron chi connectivity index (χ3n) is 3.77. The maximum absolute atomic E-state index is 14.1. The van der Waals surface area contributed by atoms with Crippen LogP contribution in [0, 0.1) is 10.6 Å². The Hall–Kier alpha value is -2.79. The lowest BCUT2D eigenvalue weighted by Crippen LogP contribution is -1.92. The number of rotatable bonds is 2. The van der Waals surface area contributed by atoms with Crippen molar-refractivity contribution in [1.82, 2.24) is 14.4 Å². The van der Waals surface area contributed by atoms with E-state index in [0.29, 0.717) is 16.0 Å². The maximum Gasteiger partial charge on any atom is 0.205 e. The number of nitrogens with zero attached hydrogens (tertiary/aromatic N) is 2. The molecule has 3 nitrogen and oxygen atoms in total. The summed E-state index contributed by atoms with van der Waals surface area (Å²) >= 11 is 5.30.